The summed E-state index contributed by atoms with van der Waals surface area (Å²) in [6.45, 7) is 3.61. The molecule has 0 aliphatic carbocycles. The molecule has 1 aromatic heterocycles. The Morgan fingerprint density at radius 1 is 1.26 bits per heavy atom. The van der Waals surface area contributed by atoms with Gasteiger partial charge in [-0.05, 0) is 12.5 Å². The summed E-state index contributed by atoms with van der Waals surface area (Å²) >= 11 is 1.44. The monoisotopic (exact) mass is 277 g/mol. The van der Waals surface area contributed by atoms with E-state index in [-0.39, 0.29) is 0 Å². The minimum atomic E-state index is 0.665. The number of ether oxygens (including phenoxy) is 1. The van der Waals surface area contributed by atoms with Gasteiger partial charge in [-0.25, -0.2) is 4.98 Å². The van der Waals surface area contributed by atoms with Crippen LogP contribution in [0.5, 0.6) is 0 Å². The third-order valence-corrected chi connectivity index (χ3v) is 3.72. The molecule has 0 radical (unpaired) electrons. The number of rotatable bonds is 6. The Kier molecular flexibility index (Phi) is 4.87. The van der Waals surface area contributed by atoms with Crippen molar-refractivity contribution in [1.82, 2.24) is 9.36 Å². The molecular weight excluding hydrogens is 258 g/mol. The average molecular weight is 277 g/mol. The van der Waals surface area contributed by atoms with Gasteiger partial charge in [-0.1, -0.05) is 29.8 Å². The lowest BCUT2D eigenvalue weighted by Crippen LogP contribution is -2.16. The van der Waals surface area contributed by atoms with Gasteiger partial charge in [0.25, 0.3) is 0 Å². The zero-order valence-corrected chi connectivity index (χ0v) is 12.4. The first-order chi connectivity index (χ1) is 9.19. The van der Waals surface area contributed by atoms with Crippen LogP contribution in [-0.4, -0.2) is 30.1 Å². The van der Waals surface area contributed by atoms with Crippen LogP contribution in [0, 0.1) is 6.92 Å². The predicted octanol–water partition coefficient (Wildman–Crippen LogP) is 2.67. The van der Waals surface area contributed by atoms with Crippen LogP contribution < -0.4 is 4.90 Å². The van der Waals surface area contributed by atoms with E-state index in [0.717, 1.165) is 23.9 Å². The zero-order valence-electron chi connectivity index (χ0n) is 11.6. The zero-order chi connectivity index (χ0) is 13.7. The topological polar surface area (TPSA) is 38.2 Å². The summed E-state index contributed by atoms with van der Waals surface area (Å²) in [6, 6.07) is 8.57. The molecule has 0 N–H and O–H groups in total. The molecule has 0 saturated carbocycles. The van der Waals surface area contributed by atoms with Crippen molar-refractivity contribution in [3.63, 3.8) is 0 Å². The Morgan fingerprint density at radius 2 is 2.00 bits per heavy atom. The maximum atomic E-state index is 5.03. The van der Waals surface area contributed by atoms with E-state index in [0.29, 0.717) is 6.61 Å². The molecule has 0 saturated heterocycles. The van der Waals surface area contributed by atoms with E-state index in [1.165, 1.54) is 22.7 Å². The van der Waals surface area contributed by atoms with Gasteiger partial charge in [-0.2, -0.15) is 4.37 Å². The molecule has 0 bridgehead atoms. The van der Waals surface area contributed by atoms with E-state index < -0.39 is 0 Å². The third-order valence-electron chi connectivity index (χ3n) is 2.85. The van der Waals surface area contributed by atoms with E-state index in [4.69, 9.17) is 4.74 Å². The minimum absolute atomic E-state index is 0.665. The van der Waals surface area contributed by atoms with Crippen LogP contribution in [0.4, 0.5) is 5.13 Å². The molecular formula is C14H19N3OS. The molecule has 2 rings (SSSR count). The van der Waals surface area contributed by atoms with Crippen LogP contribution in [0.25, 0.3) is 0 Å². The Morgan fingerprint density at radius 3 is 2.68 bits per heavy atom. The molecule has 102 valence electrons. The van der Waals surface area contributed by atoms with Gasteiger partial charge in [-0.3, -0.25) is 0 Å². The van der Waals surface area contributed by atoms with E-state index in [1.54, 1.807) is 7.11 Å². The first-order valence-electron chi connectivity index (χ1n) is 6.27. The highest BCUT2D eigenvalue weighted by Gasteiger charge is 2.09. The second-order valence-corrected chi connectivity index (χ2v) is 5.31. The number of benzene rings is 1. The van der Waals surface area contributed by atoms with Crippen molar-refractivity contribution in [1.29, 1.82) is 0 Å². The summed E-state index contributed by atoms with van der Waals surface area (Å²) in [6.07, 6.45) is 0.769. The van der Waals surface area contributed by atoms with Gasteiger partial charge in [0, 0.05) is 38.7 Å². The number of anilines is 1. The molecule has 2 aromatic rings. The third kappa shape index (κ3) is 4.01. The van der Waals surface area contributed by atoms with E-state index in [1.807, 2.05) is 7.05 Å². The van der Waals surface area contributed by atoms with E-state index in [9.17, 15) is 0 Å². The smallest absolute Gasteiger partial charge is 0.205 e. The van der Waals surface area contributed by atoms with Gasteiger partial charge in [0.05, 0.1) is 6.61 Å². The lowest BCUT2D eigenvalue weighted by molar-refractivity contribution is 0.201. The Balaban J connectivity index is 1.97. The van der Waals surface area contributed by atoms with Crippen LogP contribution >= 0.6 is 11.5 Å². The van der Waals surface area contributed by atoms with E-state index in [2.05, 4.69) is 45.4 Å². The summed E-state index contributed by atoms with van der Waals surface area (Å²) in [5.74, 6) is 0.859. The predicted molar refractivity (Wildman–Crippen MR) is 78.8 cm³/mol. The quantitative estimate of drug-likeness (QED) is 0.813. The van der Waals surface area contributed by atoms with Crippen molar-refractivity contribution in [2.75, 3.05) is 25.7 Å². The van der Waals surface area contributed by atoms with Crippen molar-refractivity contribution in [2.24, 2.45) is 0 Å². The number of aryl methyl sites for hydroxylation is 1. The molecule has 1 aromatic carbocycles. The fourth-order valence-electron chi connectivity index (χ4n) is 1.73. The van der Waals surface area contributed by atoms with Crippen LogP contribution in [0.15, 0.2) is 24.3 Å². The molecule has 0 fully saturated rings. The highest BCUT2D eigenvalue weighted by molar-refractivity contribution is 7.09. The summed E-state index contributed by atoms with van der Waals surface area (Å²) in [4.78, 5) is 6.64. The van der Waals surface area contributed by atoms with Crippen LogP contribution in [0.3, 0.4) is 0 Å². The maximum absolute atomic E-state index is 5.03. The first kappa shape index (κ1) is 14.0. The van der Waals surface area contributed by atoms with Crippen molar-refractivity contribution in [3.05, 3.63) is 41.2 Å². The second-order valence-electron chi connectivity index (χ2n) is 4.58. The van der Waals surface area contributed by atoms with Crippen LogP contribution in [-0.2, 0) is 17.7 Å². The highest BCUT2D eigenvalue weighted by Crippen LogP contribution is 2.18. The van der Waals surface area contributed by atoms with Crippen LogP contribution in [0.1, 0.15) is 17.0 Å². The Hall–Kier alpha value is -1.46. The van der Waals surface area contributed by atoms with Crippen molar-refractivity contribution >= 4 is 16.7 Å². The Bertz CT molecular complexity index is 510. The van der Waals surface area contributed by atoms with Gasteiger partial charge in [0.15, 0.2) is 0 Å². The number of nitrogens with zero attached hydrogens (tertiary/aromatic N) is 3. The molecule has 19 heavy (non-hydrogen) atoms. The lowest BCUT2D eigenvalue weighted by Gasteiger charge is -2.15. The molecule has 0 aliphatic heterocycles. The lowest BCUT2D eigenvalue weighted by atomic mass is 10.1. The fourth-order valence-corrected chi connectivity index (χ4v) is 2.40. The summed E-state index contributed by atoms with van der Waals surface area (Å²) in [5.41, 5.74) is 2.56. The number of hydrogen-bond donors (Lipinski definition) is 0. The number of aromatic nitrogens is 2. The first-order valence-corrected chi connectivity index (χ1v) is 7.04. The minimum Gasteiger partial charge on any atom is -0.384 e. The number of methoxy groups -OCH3 is 1. The van der Waals surface area contributed by atoms with Crippen LogP contribution in [0.2, 0.25) is 0 Å². The summed E-state index contributed by atoms with van der Waals surface area (Å²) in [7, 11) is 3.73. The molecule has 0 atom stereocenters. The molecule has 0 aliphatic rings. The average Bonchev–Trinajstić information content (AvgIpc) is 2.88. The van der Waals surface area contributed by atoms with E-state index >= 15 is 0 Å². The molecule has 4 nitrogen and oxygen atoms in total. The van der Waals surface area contributed by atoms with Gasteiger partial charge in [0.2, 0.25) is 5.13 Å². The van der Waals surface area contributed by atoms with Gasteiger partial charge < -0.3 is 9.64 Å². The summed E-state index contributed by atoms with van der Waals surface area (Å²) in [5, 5.41) is 0.951. The van der Waals surface area contributed by atoms with Crippen molar-refractivity contribution in [3.8, 4) is 0 Å². The van der Waals surface area contributed by atoms with Gasteiger partial charge in [0.1, 0.15) is 5.82 Å². The largest absolute Gasteiger partial charge is 0.384 e. The highest BCUT2D eigenvalue weighted by atomic mass is 32.1. The molecule has 1 heterocycles. The maximum Gasteiger partial charge on any atom is 0.205 e. The number of hydrogen-bond acceptors (Lipinski definition) is 5. The van der Waals surface area contributed by atoms with Crippen molar-refractivity contribution < 1.29 is 4.74 Å². The molecule has 0 spiro atoms. The molecule has 0 amide bonds. The second kappa shape index (κ2) is 6.63. The Labute approximate surface area is 118 Å². The summed E-state index contributed by atoms with van der Waals surface area (Å²) < 4.78 is 9.37. The normalized spacial score (nSPS) is 10.7. The molecule has 0 unspecified atom stereocenters. The molecule has 5 heteroatoms. The van der Waals surface area contributed by atoms with Gasteiger partial charge >= 0.3 is 0 Å². The standard InChI is InChI=1S/C14H19N3OS/c1-11-4-6-12(7-5-11)10-17(2)14-15-13(16-19-14)8-9-18-3/h4-7H,8-10H2,1-3H3. The van der Waals surface area contributed by atoms with Gasteiger partial charge in [-0.15, -0.1) is 0 Å². The fraction of sp³-hybridized carbons (Fsp3) is 0.429. The SMILES string of the molecule is COCCc1nsc(N(C)Cc2ccc(C)cc2)n1. The van der Waals surface area contributed by atoms with Crippen molar-refractivity contribution in [2.45, 2.75) is 19.9 Å².